The zero-order valence-corrected chi connectivity index (χ0v) is 19.4. The third kappa shape index (κ3) is 4.23. The van der Waals surface area contributed by atoms with Crippen molar-refractivity contribution in [1.82, 2.24) is 15.0 Å². The summed E-state index contributed by atoms with van der Waals surface area (Å²) in [5.41, 5.74) is 1.58. The predicted molar refractivity (Wildman–Crippen MR) is 123 cm³/mol. The average molecular weight is 480 g/mol. The van der Waals surface area contributed by atoms with Gasteiger partial charge < -0.3 is 14.2 Å². The quantitative estimate of drug-likeness (QED) is 0.370. The molecule has 9 nitrogen and oxygen atoms in total. The summed E-state index contributed by atoms with van der Waals surface area (Å²) < 4.78 is 43.7. The van der Waals surface area contributed by atoms with Crippen LogP contribution in [0, 0.1) is 0 Å². The van der Waals surface area contributed by atoms with Crippen LogP contribution in [0.3, 0.4) is 0 Å². The van der Waals surface area contributed by atoms with Gasteiger partial charge in [0.15, 0.2) is 0 Å². The first-order valence-electron chi connectivity index (χ1n) is 10.1. The first-order valence-corrected chi connectivity index (χ1v) is 11.5. The number of esters is 1. The van der Waals surface area contributed by atoms with Gasteiger partial charge in [-0.1, -0.05) is 23.4 Å². The predicted octanol–water partition coefficient (Wildman–Crippen LogP) is 3.57. The van der Waals surface area contributed by atoms with Gasteiger partial charge in [0.25, 0.3) is 0 Å². The first-order chi connectivity index (χ1) is 16.4. The van der Waals surface area contributed by atoms with Gasteiger partial charge >= 0.3 is 5.97 Å². The van der Waals surface area contributed by atoms with Crippen LogP contribution < -0.4 is 9.47 Å². The Kier molecular flexibility index (Phi) is 6.33. The second-order valence-corrected chi connectivity index (χ2v) is 9.02. The molecule has 0 unspecified atom stereocenters. The topological polar surface area (TPSA) is 110 Å². The van der Waals surface area contributed by atoms with E-state index in [1.54, 1.807) is 49.7 Å². The summed E-state index contributed by atoms with van der Waals surface area (Å²) in [7, 11) is 0.433. The Morgan fingerprint density at radius 2 is 1.65 bits per heavy atom. The molecule has 4 rings (SSSR count). The van der Waals surface area contributed by atoms with Crippen LogP contribution in [0.5, 0.6) is 11.5 Å². The van der Waals surface area contributed by atoms with Gasteiger partial charge in [0.2, 0.25) is 9.84 Å². The van der Waals surface area contributed by atoms with E-state index in [0.717, 1.165) is 0 Å². The lowest BCUT2D eigenvalue weighted by atomic mass is 10.2. The normalized spacial score (nSPS) is 11.1. The highest BCUT2D eigenvalue weighted by Crippen LogP contribution is 2.32. The van der Waals surface area contributed by atoms with Crippen molar-refractivity contribution in [2.45, 2.75) is 9.79 Å². The molecule has 34 heavy (non-hydrogen) atoms. The number of nitrogens with zero attached hydrogens (tertiary/aromatic N) is 3. The summed E-state index contributed by atoms with van der Waals surface area (Å²) in [4.78, 5) is 11.8. The first kappa shape index (κ1) is 23.0. The maximum absolute atomic E-state index is 13.4. The summed E-state index contributed by atoms with van der Waals surface area (Å²) in [5.74, 6) is 0.601. The number of aromatic nitrogens is 3. The van der Waals surface area contributed by atoms with Crippen molar-refractivity contribution in [3.63, 3.8) is 0 Å². The van der Waals surface area contributed by atoms with Crippen molar-refractivity contribution < 1.29 is 27.4 Å². The Morgan fingerprint density at radius 1 is 0.912 bits per heavy atom. The number of rotatable bonds is 7. The van der Waals surface area contributed by atoms with E-state index in [2.05, 4.69) is 15.0 Å². The Bertz CT molecular complexity index is 1450. The maximum atomic E-state index is 13.4. The summed E-state index contributed by atoms with van der Waals surface area (Å²) >= 11 is 0. The molecular weight excluding hydrogens is 458 g/mol. The van der Waals surface area contributed by atoms with Crippen LogP contribution in [-0.2, 0) is 14.6 Å². The van der Waals surface area contributed by atoms with Gasteiger partial charge in [0.05, 0.1) is 42.9 Å². The van der Waals surface area contributed by atoms with E-state index < -0.39 is 15.8 Å². The standard InChI is InChI=1S/C24H21N3O6S/c1-31-17-10-13-22(32-2)21(14-17)27-15-20(25-26-27)19-6-4-5-7-23(19)34(29,30)18-11-8-16(9-12-18)24(28)33-3/h4-15H,1-3H3. The Hall–Kier alpha value is -4.18. The lowest BCUT2D eigenvalue weighted by molar-refractivity contribution is 0.0600. The Labute approximate surface area is 196 Å². The average Bonchev–Trinajstić information content (AvgIpc) is 3.38. The summed E-state index contributed by atoms with van der Waals surface area (Å²) in [6, 6.07) is 17.3. The van der Waals surface area contributed by atoms with E-state index in [4.69, 9.17) is 9.47 Å². The summed E-state index contributed by atoms with van der Waals surface area (Å²) in [6.07, 6.45) is 1.62. The van der Waals surface area contributed by atoms with Gasteiger partial charge in [-0.15, -0.1) is 5.10 Å². The second-order valence-electron chi connectivity index (χ2n) is 7.10. The van der Waals surface area contributed by atoms with E-state index in [9.17, 15) is 13.2 Å². The van der Waals surface area contributed by atoms with Gasteiger partial charge in [-0.3, -0.25) is 0 Å². The number of carbonyl (C=O) groups is 1. The molecule has 1 aromatic heterocycles. The van der Waals surface area contributed by atoms with Crippen LogP contribution in [0.4, 0.5) is 0 Å². The van der Waals surface area contributed by atoms with E-state index in [1.165, 1.54) is 49.2 Å². The molecule has 3 aromatic carbocycles. The van der Waals surface area contributed by atoms with Crippen LogP contribution >= 0.6 is 0 Å². The highest BCUT2D eigenvalue weighted by Gasteiger charge is 2.24. The van der Waals surface area contributed by atoms with Crippen molar-refractivity contribution in [3.05, 3.63) is 78.5 Å². The van der Waals surface area contributed by atoms with Gasteiger partial charge in [-0.2, -0.15) is 0 Å². The third-order valence-electron chi connectivity index (χ3n) is 5.16. The molecule has 0 saturated heterocycles. The van der Waals surface area contributed by atoms with Crippen LogP contribution in [0.25, 0.3) is 16.9 Å². The van der Waals surface area contributed by atoms with Crippen molar-refractivity contribution in [2.75, 3.05) is 21.3 Å². The summed E-state index contributed by atoms with van der Waals surface area (Å²) in [6.45, 7) is 0. The van der Waals surface area contributed by atoms with Gasteiger partial charge in [-0.05, 0) is 42.5 Å². The van der Waals surface area contributed by atoms with E-state index in [1.807, 2.05) is 0 Å². The fourth-order valence-corrected chi connectivity index (χ4v) is 4.88. The number of sulfone groups is 1. The molecule has 0 radical (unpaired) electrons. The zero-order chi connectivity index (χ0) is 24.3. The number of benzene rings is 3. The number of hydrogen-bond acceptors (Lipinski definition) is 8. The van der Waals surface area contributed by atoms with E-state index >= 15 is 0 Å². The number of ether oxygens (including phenoxy) is 3. The minimum absolute atomic E-state index is 0.0365. The zero-order valence-electron chi connectivity index (χ0n) is 18.6. The third-order valence-corrected chi connectivity index (χ3v) is 6.99. The molecule has 0 aliphatic carbocycles. The van der Waals surface area contributed by atoms with Crippen LogP contribution in [0.2, 0.25) is 0 Å². The lowest BCUT2D eigenvalue weighted by Gasteiger charge is -2.10. The summed E-state index contributed by atoms with van der Waals surface area (Å²) in [5, 5.41) is 8.37. The number of methoxy groups -OCH3 is 3. The van der Waals surface area contributed by atoms with E-state index in [0.29, 0.717) is 28.4 Å². The molecule has 0 spiro atoms. The molecule has 4 aromatic rings. The van der Waals surface area contributed by atoms with E-state index in [-0.39, 0.29) is 15.4 Å². The minimum atomic E-state index is -3.92. The van der Waals surface area contributed by atoms with Crippen LogP contribution in [0.15, 0.2) is 82.7 Å². The number of carbonyl (C=O) groups excluding carboxylic acids is 1. The molecule has 0 bridgehead atoms. The largest absolute Gasteiger partial charge is 0.497 e. The molecule has 0 aliphatic heterocycles. The lowest BCUT2D eigenvalue weighted by Crippen LogP contribution is -2.06. The molecule has 0 amide bonds. The van der Waals surface area contributed by atoms with Gasteiger partial charge in [0.1, 0.15) is 22.9 Å². The number of hydrogen-bond donors (Lipinski definition) is 0. The van der Waals surface area contributed by atoms with Gasteiger partial charge in [-0.25, -0.2) is 17.9 Å². The highest BCUT2D eigenvalue weighted by atomic mass is 32.2. The Balaban J connectivity index is 1.76. The molecule has 174 valence electrons. The second kappa shape index (κ2) is 9.36. The molecule has 0 aliphatic rings. The highest BCUT2D eigenvalue weighted by molar-refractivity contribution is 7.91. The maximum Gasteiger partial charge on any atom is 0.337 e. The smallest absolute Gasteiger partial charge is 0.337 e. The van der Waals surface area contributed by atoms with Crippen LogP contribution in [0.1, 0.15) is 10.4 Å². The molecule has 0 N–H and O–H groups in total. The Morgan fingerprint density at radius 3 is 2.32 bits per heavy atom. The molecule has 0 saturated carbocycles. The van der Waals surface area contributed by atoms with Crippen LogP contribution in [-0.4, -0.2) is 50.7 Å². The molecule has 1 heterocycles. The fraction of sp³-hybridized carbons (Fsp3) is 0.125. The minimum Gasteiger partial charge on any atom is -0.497 e. The van der Waals surface area contributed by atoms with Crippen molar-refractivity contribution in [2.24, 2.45) is 0 Å². The van der Waals surface area contributed by atoms with Crippen molar-refractivity contribution in [3.8, 4) is 28.4 Å². The molecular formula is C24H21N3O6S. The monoisotopic (exact) mass is 479 g/mol. The SMILES string of the molecule is COC(=O)c1ccc(S(=O)(=O)c2ccccc2-c2cn(-c3cc(OC)ccc3OC)nn2)cc1. The van der Waals surface area contributed by atoms with Crippen molar-refractivity contribution in [1.29, 1.82) is 0 Å². The van der Waals surface area contributed by atoms with Gasteiger partial charge in [0, 0.05) is 11.6 Å². The molecule has 0 atom stereocenters. The fourth-order valence-electron chi connectivity index (χ4n) is 3.41. The van der Waals surface area contributed by atoms with Crippen molar-refractivity contribution >= 4 is 15.8 Å². The molecule has 10 heteroatoms. The molecule has 0 fully saturated rings.